The Balaban J connectivity index is 1.73. The largest absolute Gasteiger partial charge is 0.464 e. The molecular weight excluding hydrogens is 300 g/mol. The van der Waals surface area contributed by atoms with Gasteiger partial charge in [-0.3, -0.25) is 4.79 Å². The lowest BCUT2D eigenvalue weighted by Gasteiger charge is -2.34. The Kier molecular flexibility index (Phi) is 4.41. The van der Waals surface area contributed by atoms with Crippen molar-refractivity contribution in [3.63, 3.8) is 0 Å². The molecule has 1 aliphatic heterocycles. The van der Waals surface area contributed by atoms with E-state index in [9.17, 15) is 4.79 Å². The van der Waals surface area contributed by atoms with Crippen molar-refractivity contribution in [1.82, 2.24) is 9.80 Å². The molecule has 2 heterocycles. The van der Waals surface area contributed by atoms with Gasteiger partial charge in [0.25, 0.3) is 0 Å². The van der Waals surface area contributed by atoms with Gasteiger partial charge in [-0.1, -0.05) is 18.5 Å². The highest BCUT2D eigenvalue weighted by Crippen LogP contribution is 2.28. The van der Waals surface area contributed by atoms with Crippen molar-refractivity contribution in [3.8, 4) is 0 Å². The van der Waals surface area contributed by atoms with Gasteiger partial charge < -0.3 is 14.2 Å². The fraction of sp³-hybridized carbons (Fsp3) is 0.471. The number of likely N-dealkylation sites (N-methyl/N-ethyl adjacent to an activating group) is 1. The first-order chi connectivity index (χ1) is 10.6. The average molecular weight is 321 g/mol. The summed E-state index contributed by atoms with van der Waals surface area (Å²) in [6, 6.07) is 3.82. The number of halogens is 1. The second-order valence-electron chi connectivity index (χ2n) is 5.85. The Labute approximate surface area is 135 Å². The van der Waals surface area contributed by atoms with E-state index in [1.54, 1.807) is 6.26 Å². The Bertz CT molecular complexity index is 687. The molecule has 1 aromatic carbocycles. The molecule has 2 aromatic rings. The summed E-state index contributed by atoms with van der Waals surface area (Å²) in [6.45, 7) is 8.68. The first kappa shape index (κ1) is 15.4. The fourth-order valence-corrected chi connectivity index (χ4v) is 3.09. The number of rotatable bonds is 3. The maximum Gasteiger partial charge on any atom is 0.227 e. The molecule has 22 heavy (non-hydrogen) atoms. The lowest BCUT2D eigenvalue weighted by atomic mass is 10.1. The molecule has 0 saturated carbocycles. The minimum absolute atomic E-state index is 0.162. The molecule has 1 aliphatic rings. The minimum atomic E-state index is 0.162. The first-order valence-electron chi connectivity index (χ1n) is 7.75. The Morgan fingerprint density at radius 3 is 2.68 bits per heavy atom. The Morgan fingerprint density at radius 2 is 2.00 bits per heavy atom. The summed E-state index contributed by atoms with van der Waals surface area (Å²) < 4.78 is 5.57. The van der Waals surface area contributed by atoms with Crippen molar-refractivity contribution in [2.45, 2.75) is 20.3 Å². The zero-order valence-electron chi connectivity index (χ0n) is 13.1. The standard InChI is InChI=1S/C17H21ClN2O2/c1-3-19-4-6-20(7-5-19)17(21)9-13-11-22-16-8-12(2)15(18)10-14(13)16/h8,10-11H,3-7,9H2,1-2H3. The maximum absolute atomic E-state index is 12.5. The molecule has 0 atom stereocenters. The highest BCUT2D eigenvalue weighted by atomic mass is 35.5. The second kappa shape index (κ2) is 6.31. The predicted molar refractivity (Wildman–Crippen MR) is 88.4 cm³/mol. The molecule has 0 unspecified atom stereocenters. The van der Waals surface area contributed by atoms with Crippen LogP contribution >= 0.6 is 11.6 Å². The van der Waals surface area contributed by atoms with Gasteiger partial charge in [0, 0.05) is 42.2 Å². The minimum Gasteiger partial charge on any atom is -0.464 e. The number of hydrogen-bond acceptors (Lipinski definition) is 3. The summed E-state index contributed by atoms with van der Waals surface area (Å²) in [4.78, 5) is 16.8. The number of amides is 1. The maximum atomic E-state index is 12.5. The number of hydrogen-bond donors (Lipinski definition) is 0. The summed E-state index contributed by atoms with van der Waals surface area (Å²) in [5, 5.41) is 1.65. The molecule has 1 aromatic heterocycles. The second-order valence-corrected chi connectivity index (χ2v) is 6.26. The molecule has 0 N–H and O–H groups in total. The van der Waals surface area contributed by atoms with E-state index in [4.69, 9.17) is 16.0 Å². The van der Waals surface area contributed by atoms with E-state index in [-0.39, 0.29) is 5.91 Å². The Hall–Kier alpha value is -1.52. The molecule has 0 spiro atoms. The highest BCUT2D eigenvalue weighted by Gasteiger charge is 2.21. The van der Waals surface area contributed by atoms with E-state index in [0.29, 0.717) is 11.4 Å². The van der Waals surface area contributed by atoms with Crippen molar-refractivity contribution in [2.24, 2.45) is 0 Å². The third kappa shape index (κ3) is 2.99. The van der Waals surface area contributed by atoms with E-state index in [0.717, 1.165) is 54.8 Å². The number of carbonyl (C=O) groups is 1. The van der Waals surface area contributed by atoms with Gasteiger partial charge in [-0.25, -0.2) is 0 Å². The van der Waals surface area contributed by atoms with Crippen molar-refractivity contribution in [1.29, 1.82) is 0 Å². The number of nitrogens with zero attached hydrogens (tertiary/aromatic N) is 2. The molecule has 0 aliphatic carbocycles. The van der Waals surface area contributed by atoms with Crippen LogP contribution in [0, 0.1) is 6.92 Å². The molecule has 5 heteroatoms. The van der Waals surface area contributed by atoms with E-state index < -0.39 is 0 Å². The van der Waals surface area contributed by atoms with E-state index >= 15 is 0 Å². The van der Waals surface area contributed by atoms with Crippen LogP contribution in [0.5, 0.6) is 0 Å². The Morgan fingerprint density at radius 1 is 1.27 bits per heavy atom. The number of aryl methyl sites for hydroxylation is 1. The number of benzene rings is 1. The van der Waals surface area contributed by atoms with Crippen molar-refractivity contribution >= 4 is 28.5 Å². The van der Waals surface area contributed by atoms with Crippen LogP contribution in [0.2, 0.25) is 5.02 Å². The SMILES string of the molecule is CCN1CCN(C(=O)Cc2coc3cc(C)c(Cl)cc23)CC1. The third-order valence-electron chi connectivity index (χ3n) is 4.45. The summed E-state index contributed by atoms with van der Waals surface area (Å²) in [7, 11) is 0. The van der Waals surface area contributed by atoms with Crippen molar-refractivity contribution in [3.05, 3.63) is 34.5 Å². The van der Waals surface area contributed by atoms with Gasteiger partial charge in [-0.2, -0.15) is 0 Å². The van der Waals surface area contributed by atoms with Gasteiger partial charge in [0.1, 0.15) is 5.58 Å². The molecular formula is C17H21ClN2O2. The van der Waals surface area contributed by atoms with E-state index in [1.165, 1.54) is 0 Å². The summed E-state index contributed by atoms with van der Waals surface area (Å²) in [5.74, 6) is 0.162. The van der Waals surface area contributed by atoms with Crippen LogP contribution in [-0.2, 0) is 11.2 Å². The topological polar surface area (TPSA) is 36.7 Å². The summed E-state index contributed by atoms with van der Waals surface area (Å²) in [5.41, 5.74) is 2.69. The zero-order valence-corrected chi connectivity index (χ0v) is 13.8. The van der Waals surface area contributed by atoms with Crippen LogP contribution in [0.1, 0.15) is 18.1 Å². The molecule has 1 saturated heterocycles. The number of carbonyl (C=O) groups excluding carboxylic acids is 1. The highest BCUT2D eigenvalue weighted by molar-refractivity contribution is 6.32. The molecule has 0 bridgehead atoms. The van der Waals surface area contributed by atoms with E-state index in [2.05, 4.69) is 11.8 Å². The molecule has 1 amide bonds. The quantitative estimate of drug-likeness (QED) is 0.872. The first-order valence-corrected chi connectivity index (χ1v) is 8.12. The number of fused-ring (bicyclic) bond motifs is 1. The molecule has 3 rings (SSSR count). The molecule has 1 fully saturated rings. The van der Waals surface area contributed by atoms with Crippen LogP contribution in [0.3, 0.4) is 0 Å². The predicted octanol–water partition coefficient (Wildman–Crippen LogP) is 3.10. The van der Waals surface area contributed by atoms with Crippen LogP contribution in [0.15, 0.2) is 22.8 Å². The van der Waals surface area contributed by atoms with Crippen LogP contribution < -0.4 is 0 Å². The van der Waals surface area contributed by atoms with Gasteiger partial charge in [-0.05, 0) is 31.2 Å². The van der Waals surface area contributed by atoms with Gasteiger partial charge in [0.2, 0.25) is 5.91 Å². The van der Waals surface area contributed by atoms with Crippen LogP contribution in [-0.4, -0.2) is 48.4 Å². The number of furan rings is 1. The smallest absolute Gasteiger partial charge is 0.227 e. The van der Waals surface area contributed by atoms with Crippen molar-refractivity contribution in [2.75, 3.05) is 32.7 Å². The van der Waals surface area contributed by atoms with Gasteiger partial charge in [0.05, 0.1) is 12.7 Å². The monoisotopic (exact) mass is 320 g/mol. The fourth-order valence-electron chi connectivity index (χ4n) is 2.93. The van der Waals surface area contributed by atoms with Gasteiger partial charge in [0.15, 0.2) is 0 Å². The average Bonchev–Trinajstić information content (AvgIpc) is 2.90. The van der Waals surface area contributed by atoms with E-state index in [1.807, 2.05) is 24.0 Å². The summed E-state index contributed by atoms with van der Waals surface area (Å²) >= 11 is 6.19. The summed E-state index contributed by atoms with van der Waals surface area (Å²) in [6.07, 6.45) is 2.05. The number of piperazine rings is 1. The van der Waals surface area contributed by atoms with Crippen LogP contribution in [0.4, 0.5) is 0 Å². The normalized spacial score (nSPS) is 16.4. The van der Waals surface area contributed by atoms with Gasteiger partial charge in [-0.15, -0.1) is 0 Å². The molecule has 0 radical (unpaired) electrons. The molecule has 118 valence electrons. The third-order valence-corrected chi connectivity index (χ3v) is 4.86. The van der Waals surface area contributed by atoms with Crippen LogP contribution in [0.25, 0.3) is 11.0 Å². The van der Waals surface area contributed by atoms with Gasteiger partial charge >= 0.3 is 0 Å². The van der Waals surface area contributed by atoms with Crippen molar-refractivity contribution < 1.29 is 9.21 Å². The lowest BCUT2D eigenvalue weighted by molar-refractivity contribution is -0.132. The zero-order chi connectivity index (χ0) is 15.7. The molecule has 4 nitrogen and oxygen atoms in total. The lowest BCUT2D eigenvalue weighted by Crippen LogP contribution is -2.48.